The molecule has 3 nitrogen and oxygen atoms in total. The predicted octanol–water partition coefficient (Wildman–Crippen LogP) is -3.15. The van der Waals surface area contributed by atoms with Crippen molar-refractivity contribution < 1.29 is 68.7 Å². The Labute approximate surface area is 89.8 Å². The van der Waals surface area contributed by atoms with Crippen molar-refractivity contribution in [1.29, 1.82) is 0 Å². The Morgan fingerprint density at radius 2 is 1.75 bits per heavy atom. The van der Waals surface area contributed by atoms with Gasteiger partial charge in [-0.25, -0.2) is 12.8 Å². The van der Waals surface area contributed by atoms with E-state index in [0.29, 0.717) is 6.92 Å². The fraction of sp³-hybridized carbons (Fsp3) is 1.00. The molecule has 0 bridgehead atoms. The minimum absolute atomic E-state index is 0. The molecule has 1 unspecified atom stereocenters. The Morgan fingerprint density at radius 1 is 1.62 bits per heavy atom. The van der Waals surface area contributed by atoms with E-state index in [4.69, 9.17) is 0 Å². The number of hydrogen-bond acceptors (Lipinski definition) is 3. The molecule has 0 aliphatic heterocycles. The van der Waals surface area contributed by atoms with Crippen LogP contribution in [0.15, 0.2) is 0 Å². The van der Waals surface area contributed by atoms with E-state index < -0.39 is 15.6 Å². The summed E-state index contributed by atoms with van der Waals surface area (Å²) in [5.74, 6) is 0. The van der Waals surface area contributed by atoms with Gasteiger partial charge < -0.3 is 4.55 Å². The van der Waals surface area contributed by atoms with Crippen LogP contribution in [0.4, 0.5) is 4.39 Å². The average Bonchev–Trinajstić information content (AvgIpc) is 1.31. The van der Waals surface area contributed by atoms with E-state index in [9.17, 15) is 17.4 Å². The second-order valence-electron chi connectivity index (χ2n) is 1.04. The summed E-state index contributed by atoms with van der Waals surface area (Å²) in [5, 5.41) is 0. The van der Waals surface area contributed by atoms with Crippen LogP contribution in [0, 0.1) is 0 Å². The molecule has 0 fully saturated rings. The largest absolute Gasteiger partial charge is 1.00 e. The first kappa shape index (κ1) is 12.2. The van der Waals surface area contributed by atoms with Crippen molar-refractivity contribution in [1.82, 2.24) is 0 Å². The van der Waals surface area contributed by atoms with Crippen LogP contribution in [0.5, 0.6) is 0 Å². The van der Waals surface area contributed by atoms with Crippen molar-refractivity contribution in [3.8, 4) is 0 Å². The van der Waals surface area contributed by atoms with E-state index in [1.54, 1.807) is 0 Å². The van der Waals surface area contributed by atoms with Crippen molar-refractivity contribution in [3.05, 3.63) is 0 Å². The molecule has 0 aromatic rings. The van der Waals surface area contributed by atoms with E-state index in [1.807, 2.05) is 0 Å². The van der Waals surface area contributed by atoms with Gasteiger partial charge >= 0.3 is 51.4 Å². The molecule has 0 N–H and O–H groups in total. The summed E-state index contributed by atoms with van der Waals surface area (Å²) >= 11 is 0. The molecule has 0 amide bonds. The van der Waals surface area contributed by atoms with E-state index in [2.05, 4.69) is 0 Å². The quantitative estimate of drug-likeness (QED) is 0.305. The van der Waals surface area contributed by atoms with Crippen molar-refractivity contribution in [3.63, 3.8) is 0 Å². The molecular weight excluding hydrogens is 162 g/mol. The standard InChI is InChI=1S/C2H5FO3S.K/c1-2(3)7(4,5)6;/h2H,1H3,(H,4,5,6);/q;+1/p-1. The molecule has 0 aliphatic carbocycles. The van der Waals surface area contributed by atoms with Crippen LogP contribution < -0.4 is 51.4 Å². The van der Waals surface area contributed by atoms with Crippen LogP contribution in [0.25, 0.3) is 0 Å². The van der Waals surface area contributed by atoms with Gasteiger partial charge in [-0.3, -0.25) is 0 Å². The zero-order valence-electron chi connectivity index (χ0n) is 4.59. The third kappa shape index (κ3) is 5.61. The van der Waals surface area contributed by atoms with Crippen LogP contribution in [0.1, 0.15) is 6.92 Å². The first-order chi connectivity index (χ1) is 2.94. The van der Waals surface area contributed by atoms with Gasteiger partial charge in [-0.2, -0.15) is 0 Å². The van der Waals surface area contributed by atoms with Gasteiger partial charge in [-0.05, 0) is 6.92 Å². The molecule has 0 heterocycles. The van der Waals surface area contributed by atoms with Gasteiger partial charge in [0.15, 0.2) is 5.50 Å². The fourth-order valence-electron chi connectivity index (χ4n) is 0. The minimum Gasteiger partial charge on any atom is -0.746 e. The molecular formula is C2H4FKO3S. The van der Waals surface area contributed by atoms with E-state index in [-0.39, 0.29) is 51.4 Å². The molecule has 0 rings (SSSR count). The predicted molar refractivity (Wildman–Crippen MR) is 20.3 cm³/mol. The summed E-state index contributed by atoms with van der Waals surface area (Å²) in [6.45, 7) is 0.683. The Morgan fingerprint density at radius 3 is 1.75 bits per heavy atom. The molecule has 0 aromatic carbocycles. The monoisotopic (exact) mass is 166 g/mol. The SMILES string of the molecule is CC(F)S(=O)(=O)[O-].[K+]. The fourth-order valence-corrected chi connectivity index (χ4v) is 0. The number of hydrogen-bond donors (Lipinski definition) is 0. The molecule has 0 spiro atoms. The third-order valence-corrected chi connectivity index (χ3v) is 1.19. The summed E-state index contributed by atoms with van der Waals surface area (Å²) in [7, 11) is -4.66. The third-order valence-electron chi connectivity index (χ3n) is 0.398. The zero-order valence-corrected chi connectivity index (χ0v) is 8.53. The van der Waals surface area contributed by atoms with E-state index >= 15 is 0 Å². The number of rotatable bonds is 1. The molecule has 44 valence electrons. The Kier molecular flexibility index (Phi) is 6.57. The van der Waals surface area contributed by atoms with Gasteiger partial charge in [-0.15, -0.1) is 0 Å². The molecule has 0 saturated carbocycles. The first-order valence-electron chi connectivity index (χ1n) is 1.53. The number of halogens is 1. The van der Waals surface area contributed by atoms with E-state index in [1.165, 1.54) is 0 Å². The molecule has 8 heavy (non-hydrogen) atoms. The van der Waals surface area contributed by atoms with Crippen LogP contribution in [-0.2, 0) is 10.1 Å². The maximum Gasteiger partial charge on any atom is 1.00 e. The molecule has 0 saturated heterocycles. The molecule has 1 atom stereocenters. The van der Waals surface area contributed by atoms with Gasteiger partial charge in [-0.1, -0.05) is 0 Å². The Balaban J connectivity index is 0. The molecule has 0 aromatic heterocycles. The maximum absolute atomic E-state index is 11.3. The topological polar surface area (TPSA) is 57.2 Å². The van der Waals surface area contributed by atoms with E-state index in [0.717, 1.165) is 0 Å². The zero-order chi connectivity index (χ0) is 6.08. The molecule has 0 aliphatic rings. The average molecular weight is 166 g/mol. The summed E-state index contributed by atoms with van der Waals surface area (Å²) in [6.07, 6.45) is 0. The van der Waals surface area contributed by atoms with Crippen LogP contribution >= 0.6 is 0 Å². The minimum atomic E-state index is -4.66. The second kappa shape index (κ2) is 4.32. The summed E-state index contributed by atoms with van der Waals surface area (Å²) in [4.78, 5) is 0. The Bertz CT molecular complexity index is 139. The van der Waals surface area contributed by atoms with Crippen molar-refractivity contribution in [2.24, 2.45) is 0 Å². The van der Waals surface area contributed by atoms with Gasteiger partial charge in [0.2, 0.25) is 0 Å². The summed E-state index contributed by atoms with van der Waals surface area (Å²) in [6, 6.07) is 0. The summed E-state index contributed by atoms with van der Waals surface area (Å²) in [5.41, 5.74) is -2.28. The van der Waals surface area contributed by atoms with Crippen LogP contribution in [-0.4, -0.2) is 18.5 Å². The second-order valence-corrected chi connectivity index (χ2v) is 2.67. The van der Waals surface area contributed by atoms with Gasteiger partial charge in [0.25, 0.3) is 0 Å². The van der Waals surface area contributed by atoms with Crippen LogP contribution in [0.3, 0.4) is 0 Å². The van der Waals surface area contributed by atoms with Crippen molar-refractivity contribution in [2.45, 2.75) is 12.4 Å². The summed E-state index contributed by atoms with van der Waals surface area (Å²) < 4.78 is 39.5. The van der Waals surface area contributed by atoms with Gasteiger partial charge in [0.1, 0.15) is 10.1 Å². The molecule has 6 heteroatoms. The molecule has 0 radical (unpaired) electrons. The first-order valence-corrected chi connectivity index (χ1v) is 3.00. The van der Waals surface area contributed by atoms with Gasteiger partial charge in [0.05, 0.1) is 0 Å². The van der Waals surface area contributed by atoms with Crippen LogP contribution in [0.2, 0.25) is 0 Å². The smallest absolute Gasteiger partial charge is 0.746 e. The van der Waals surface area contributed by atoms with Crippen molar-refractivity contribution >= 4 is 10.1 Å². The Hall–Kier alpha value is 1.48. The maximum atomic E-state index is 11.3. The number of alkyl halides is 1. The normalized spacial score (nSPS) is 14.4. The van der Waals surface area contributed by atoms with Gasteiger partial charge in [0, 0.05) is 0 Å². The van der Waals surface area contributed by atoms with Crippen molar-refractivity contribution in [2.75, 3.05) is 0 Å².